The van der Waals surface area contributed by atoms with Gasteiger partial charge in [0.15, 0.2) is 15.8 Å². The van der Waals surface area contributed by atoms with E-state index in [0.29, 0.717) is 19.6 Å². The lowest BCUT2D eigenvalue weighted by Crippen LogP contribution is -2.57. The molecule has 156 valence electrons. The van der Waals surface area contributed by atoms with Crippen LogP contribution in [0.4, 0.5) is 0 Å². The molecule has 1 aliphatic heterocycles. The number of pyridine rings is 1. The molecule has 2 aromatic rings. The minimum absolute atomic E-state index is 0. The van der Waals surface area contributed by atoms with E-state index in [-0.39, 0.29) is 29.7 Å². The molecule has 0 atom stereocenters. The molecule has 0 aliphatic carbocycles. The zero-order chi connectivity index (χ0) is 19.7. The second-order valence-corrected chi connectivity index (χ2v) is 10.4. The molecule has 0 unspecified atom stereocenters. The lowest BCUT2D eigenvalue weighted by atomic mass is 10.2. The number of aromatic nitrogens is 2. The molecular formula is C19H30IN5O2S. The average Bonchev–Trinajstić information content (AvgIpc) is 3.01. The van der Waals surface area contributed by atoms with E-state index in [4.69, 9.17) is 9.98 Å². The van der Waals surface area contributed by atoms with Gasteiger partial charge in [-0.3, -0.25) is 4.99 Å². The van der Waals surface area contributed by atoms with Crippen LogP contribution in [0, 0.1) is 6.92 Å². The average molecular weight is 519 g/mol. The number of rotatable bonds is 4. The maximum atomic E-state index is 12.2. The van der Waals surface area contributed by atoms with Crippen LogP contribution < -0.4 is 5.32 Å². The fourth-order valence-electron chi connectivity index (χ4n) is 3.35. The Morgan fingerprint density at radius 1 is 1.39 bits per heavy atom. The molecular weight excluding hydrogens is 489 g/mol. The van der Waals surface area contributed by atoms with Crippen molar-refractivity contribution in [2.45, 2.75) is 38.9 Å². The van der Waals surface area contributed by atoms with Gasteiger partial charge < -0.3 is 14.6 Å². The summed E-state index contributed by atoms with van der Waals surface area (Å²) in [7, 11) is -3.06. The fraction of sp³-hybridized carbons (Fsp3) is 0.579. The molecule has 3 heterocycles. The van der Waals surface area contributed by atoms with Crippen molar-refractivity contribution in [1.29, 1.82) is 0 Å². The SMILES string of the molecule is CCNC(=NCCc1cn2cccc(C)c2n1)N1CCS(=O)(=O)C(C)(C)C1.I. The number of aryl methyl sites for hydroxylation is 1. The number of nitrogens with zero attached hydrogens (tertiary/aromatic N) is 4. The molecule has 9 heteroatoms. The van der Waals surface area contributed by atoms with Crippen molar-refractivity contribution in [3.8, 4) is 0 Å². The number of nitrogens with one attached hydrogen (secondary N) is 1. The lowest BCUT2D eigenvalue weighted by Gasteiger charge is -2.39. The van der Waals surface area contributed by atoms with Crippen LogP contribution in [0.5, 0.6) is 0 Å². The molecule has 1 fully saturated rings. The summed E-state index contributed by atoms with van der Waals surface area (Å²) in [6, 6.07) is 4.07. The van der Waals surface area contributed by atoms with Crippen LogP contribution in [0.1, 0.15) is 32.0 Å². The van der Waals surface area contributed by atoms with E-state index in [0.717, 1.165) is 35.8 Å². The van der Waals surface area contributed by atoms with E-state index in [9.17, 15) is 8.42 Å². The van der Waals surface area contributed by atoms with Gasteiger partial charge in [0.05, 0.1) is 16.2 Å². The van der Waals surface area contributed by atoms with Gasteiger partial charge in [-0.2, -0.15) is 0 Å². The number of hydrogen-bond acceptors (Lipinski definition) is 4. The smallest absolute Gasteiger partial charge is 0.194 e. The molecule has 28 heavy (non-hydrogen) atoms. The summed E-state index contributed by atoms with van der Waals surface area (Å²) in [5, 5.41) is 3.29. The van der Waals surface area contributed by atoms with E-state index < -0.39 is 14.6 Å². The van der Waals surface area contributed by atoms with Crippen LogP contribution in [0.15, 0.2) is 29.5 Å². The van der Waals surface area contributed by atoms with Crippen LogP contribution >= 0.6 is 24.0 Å². The number of sulfone groups is 1. The summed E-state index contributed by atoms with van der Waals surface area (Å²) >= 11 is 0. The summed E-state index contributed by atoms with van der Waals surface area (Å²) in [6.07, 6.45) is 4.79. The van der Waals surface area contributed by atoms with Crippen LogP contribution in [0.25, 0.3) is 5.65 Å². The van der Waals surface area contributed by atoms with Gasteiger partial charge in [-0.1, -0.05) is 6.07 Å². The molecule has 0 radical (unpaired) electrons. The molecule has 0 spiro atoms. The molecule has 0 bridgehead atoms. The Morgan fingerprint density at radius 2 is 2.14 bits per heavy atom. The van der Waals surface area contributed by atoms with Crippen LogP contribution in [-0.2, 0) is 16.3 Å². The topological polar surface area (TPSA) is 79.1 Å². The van der Waals surface area contributed by atoms with Crippen molar-refractivity contribution in [3.63, 3.8) is 0 Å². The van der Waals surface area contributed by atoms with Crippen LogP contribution in [0.2, 0.25) is 0 Å². The second kappa shape index (κ2) is 8.98. The standard InChI is InChI=1S/C19H29N5O2S.HI/c1-5-20-18(24-11-12-27(25,26)19(3,4)14-24)21-9-8-16-13-23-10-6-7-15(2)17(23)22-16;/h6-7,10,13H,5,8-9,11-12,14H2,1-4H3,(H,20,21);1H. The van der Waals surface area contributed by atoms with Gasteiger partial charge >= 0.3 is 0 Å². The van der Waals surface area contributed by atoms with Crippen LogP contribution in [0.3, 0.4) is 0 Å². The minimum atomic E-state index is -3.06. The Balaban J connectivity index is 0.00000280. The van der Waals surface area contributed by atoms with E-state index in [1.54, 1.807) is 13.8 Å². The normalized spacial score (nSPS) is 18.7. The second-order valence-electron chi connectivity index (χ2n) is 7.64. The number of imidazole rings is 1. The van der Waals surface area contributed by atoms with E-state index >= 15 is 0 Å². The van der Waals surface area contributed by atoms with Crippen molar-refractivity contribution >= 4 is 45.4 Å². The monoisotopic (exact) mass is 519 g/mol. The van der Waals surface area contributed by atoms with Crippen LogP contribution in [-0.4, -0.2) is 65.3 Å². The van der Waals surface area contributed by atoms with Gasteiger partial charge in [0.1, 0.15) is 5.65 Å². The van der Waals surface area contributed by atoms with Gasteiger partial charge in [-0.15, -0.1) is 24.0 Å². The van der Waals surface area contributed by atoms with E-state index in [1.807, 2.05) is 29.8 Å². The summed E-state index contributed by atoms with van der Waals surface area (Å²) in [4.78, 5) is 11.5. The summed E-state index contributed by atoms with van der Waals surface area (Å²) in [6.45, 7) is 9.94. The number of guanidine groups is 1. The Hall–Kier alpha value is -1.36. The van der Waals surface area contributed by atoms with Gasteiger partial charge in [0.25, 0.3) is 0 Å². The molecule has 2 aromatic heterocycles. The number of hydrogen-bond donors (Lipinski definition) is 1. The lowest BCUT2D eigenvalue weighted by molar-refractivity contribution is 0.353. The Bertz CT molecular complexity index is 952. The molecule has 3 rings (SSSR count). The largest absolute Gasteiger partial charge is 0.357 e. The maximum absolute atomic E-state index is 12.2. The van der Waals surface area contributed by atoms with Gasteiger partial charge in [-0.25, -0.2) is 13.4 Å². The van der Waals surface area contributed by atoms with Gasteiger partial charge in [0, 0.05) is 45.0 Å². The zero-order valence-corrected chi connectivity index (χ0v) is 20.1. The van der Waals surface area contributed by atoms with Crippen molar-refractivity contribution in [3.05, 3.63) is 35.8 Å². The van der Waals surface area contributed by atoms with Crippen molar-refractivity contribution < 1.29 is 8.42 Å². The third-order valence-electron chi connectivity index (χ3n) is 5.04. The van der Waals surface area contributed by atoms with Crippen molar-refractivity contribution in [1.82, 2.24) is 19.6 Å². The summed E-state index contributed by atoms with van der Waals surface area (Å²) < 4.78 is 25.8. The van der Waals surface area contributed by atoms with Gasteiger partial charge in [-0.05, 0) is 39.3 Å². The number of aliphatic imine (C=N–C) groups is 1. The summed E-state index contributed by atoms with van der Waals surface area (Å²) in [5.41, 5.74) is 3.13. The molecule has 0 aromatic carbocycles. The predicted molar refractivity (Wildman–Crippen MR) is 124 cm³/mol. The highest BCUT2D eigenvalue weighted by Gasteiger charge is 2.40. The highest BCUT2D eigenvalue weighted by atomic mass is 127. The highest BCUT2D eigenvalue weighted by molar-refractivity contribution is 14.0. The minimum Gasteiger partial charge on any atom is -0.357 e. The van der Waals surface area contributed by atoms with Crippen molar-refractivity contribution in [2.24, 2.45) is 4.99 Å². The fourth-order valence-corrected chi connectivity index (χ4v) is 4.72. The Kier molecular flexibility index (Phi) is 7.35. The maximum Gasteiger partial charge on any atom is 0.194 e. The number of fused-ring (bicyclic) bond motifs is 1. The predicted octanol–water partition coefficient (Wildman–Crippen LogP) is 2.28. The van der Waals surface area contributed by atoms with E-state index in [2.05, 4.69) is 23.2 Å². The number of halogens is 1. The molecule has 7 nitrogen and oxygen atoms in total. The molecule has 1 saturated heterocycles. The molecule has 1 aliphatic rings. The third-order valence-corrected chi connectivity index (χ3v) is 7.57. The molecule has 1 N–H and O–H groups in total. The third kappa shape index (κ3) is 4.79. The molecule has 0 amide bonds. The first-order valence-corrected chi connectivity index (χ1v) is 11.1. The first-order valence-electron chi connectivity index (χ1n) is 9.42. The van der Waals surface area contributed by atoms with Gasteiger partial charge in [0.2, 0.25) is 0 Å². The zero-order valence-electron chi connectivity index (χ0n) is 17.0. The summed E-state index contributed by atoms with van der Waals surface area (Å²) in [5.74, 6) is 0.941. The Labute approximate surface area is 184 Å². The Morgan fingerprint density at radius 3 is 2.79 bits per heavy atom. The van der Waals surface area contributed by atoms with Crippen molar-refractivity contribution in [2.75, 3.05) is 31.9 Å². The molecule has 0 saturated carbocycles. The first kappa shape index (κ1) is 22.9. The van der Waals surface area contributed by atoms with E-state index in [1.165, 1.54) is 0 Å². The quantitative estimate of drug-likeness (QED) is 0.381. The first-order chi connectivity index (χ1) is 12.7. The highest BCUT2D eigenvalue weighted by Crippen LogP contribution is 2.23.